The van der Waals surface area contributed by atoms with Gasteiger partial charge in [-0.25, -0.2) is 0 Å². The van der Waals surface area contributed by atoms with Crippen LogP contribution in [0.2, 0.25) is 0 Å². The number of alkyl halides is 4. The van der Waals surface area contributed by atoms with Crippen LogP contribution in [0, 0.1) is 12.3 Å². The second-order valence-electron chi connectivity index (χ2n) is 4.54. The third-order valence-corrected chi connectivity index (χ3v) is 2.95. The number of carbonyl (C=O) groups excluding carboxylic acids is 2. The highest BCUT2D eigenvalue weighted by Gasteiger charge is 2.32. The number of hydrogen-bond acceptors (Lipinski definition) is 2. The number of anilines is 1. The minimum absolute atomic E-state index is 0.153. The van der Waals surface area contributed by atoms with Crippen molar-refractivity contribution in [2.75, 3.05) is 17.7 Å². The van der Waals surface area contributed by atoms with Crippen LogP contribution in [0.25, 0.3) is 0 Å². The molecule has 0 unspecified atom stereocenters. The largest absolute Gasteiger partial charge is 0.416 e. The summed E-state index contributed by atoms with van der Waals surface area (Å²) < 4.78 is 38.7. The second kappa shape index (κ2) is 8.44. The van der Waals surface area contributed by atoms with Gasteiger partial charge in [0.25, 0.3) is 5.91 Å². The normalized spacial score (nSPS) is 10.7. The van der Waals surface area contributed by atoms with Crippen molar-refractivity contribution in [3.8, 4) is 12.3 Å². The van der Waals surface area contributed by atoms with Crippen LogP contribution in [-0.4, -0.2) is 24.2 Å². The first kappa shape index (κ1) is 18.8. The van der Waals surface area contributed by atoms with Gasteiger partial charge in [0.05, 0.1) is 5.56 Å². The van der Waals surface area contributed by atoms with Crippen LogP contribution >= 0.6 is 11.6 Å². The average molecular weight is 347 g/mol. The minimum atomic E-state index is -4.65. The number of carbonyl (C=O) groups is 2. The molecule has 1 rings (SSSR count). The van der Waals surface area contributed by atoms with E-state index in [2.05, 4.69) is 16.6 Å². The summed E-state index contributed by atoms with van der Waals surface area (Å²) in [6, 6.07) is 2.60. The molecule has 0 fully saturated rings. The molecule has 8 heteroatoms. The van der Waals surface area contributed by atoms with Crippen LogP contribution in [0.3, 0.4) is 0 Å². The number of terminal acetylenes is 1. The quantitative estimate of drug-likeness (QED) is 0.472. The van der Waals surface area contributed by atoms with E-state index in [-0.39, 0.29) is 17.8 Å². The van der Waals surface area contributed by atoms with Gasteiger partial charge < -0.3 is 10.6 Å². The van der Waals surface area contributed by atoms with Crippen molar-refractivity contribution in [3.05, 3.63) is 29.3 Å². The van der Waals surface area contributed by atoms with Crippen molar-refractivity contribution in [3.63, 3.8) is 0 Å². The molecule has 0 spiro atoms. The topological polar surface area (TPSA) is 58.2 Å². The third kappa shape index (κ3) is 6.20. The van der Waals surface area contributed by atoms with Crippen LogP contribution in [-0.2, 0) is 11.0 Å². The van der Waals surface area contributed by atoms with Crippen molar-refractivity contribution in [2.24, 2.45) is 0 Å². The first-order valence-corrected chi connectivity index (χ1v) is 7.11. The molecule has 0 aromatic heterocycles. The third-order valence-electron chi connectivity index (χ3n) is 2.71. The molecule has 23 heavy (non-hydrogen) atoms. The number of hydrogen-bond donors (Lipinski definition) is 2. The van der Waals surface area contributed by atoms with Crippen molar-refractivity contribution in [2.45, 2.75) is 19.0 Å². The summed E-state index contributed by atoms with van der Waals surface area (Å²) in [4.78, 5) is 23.1. The minimum Gasteiger partial charge on any atom is -0.352 e. The first-order valence-electron chi connectivity index (χ1n) is 6.57. The first-order chi connectivity index (χ1) is 10.8. The van der Waals surface area contributed by atoms with Gasteiger partial charge in [-0.3, -0.25) is 9.59 Å². The van der Waals surface area contributed by atoms with Crippen LogP contribution in [0.1, 0.15) is 28.8 Å². The summed E-state index contributed by atoms with van der Waals surface area (Å²) in [7, 11) is 0. The summed E-state index contributed by atoms with van der Waals surface area (Å²) in [6.45, 7) is 0.239. The highest BCUT2D eigenvalue weighted by atomic mass is 35.5. The highest BCUT2D eigenvalue weighted by Crippen LogP contribution is 2.32. The Kier molecular flexibility index (Phi) is 6.91. The molecule has 0 bridgehead atoms. The van der Waals surface area contributed by atoms with Gasteiger partial charge in [-0.15, -0.1) is 23.9 Å². The van der Waals surface area contributed by atoms with E-state index in [9.17, 15) is 22.8 Å². The maximum Gasteiger partial charge on any atom is 0.416 e. The molecular weight excluding hydrogens is 333 g/mol. The van der Waals surface area contributed by atoms with E-state index in [4.69, 9.17) is 18.0 Å². The van der Waals surface area contributed by atoms with Crippen molar-refractivity contribution >= 4 is 29.1 Å². The van der Waals surface area contributed by atoms with E-state index >= 15 is 0 Å². The summed E-state index contributed by atoms with van der Waals surface area (Å²) in [6.07, 6.45) is 1.37. The number of benzene rings is 1. The number of nitrogens with one attached hydrogen (secondary N) is 2. The van der Waals surface area contributed by atoms with Gasteiger partial charge >= 0.3 is 6.18 Å². The average Bonchev–Trinajstić information content (AvgIpc) is 2.50. The van der Waals surface area contributed by atoms with E-state index < -0.39 is 29.4 Å². The molecule has 1 aromatic carbocycles. The fourth-order valence-electron chi connectivity index (χ4n) is 1.68. The molecule has 124 valence electrons. The lowest BCUT2D eigenvalue weighted by molar-refractivity contribution is -0.137. The van der Waals surface area contributed by atoms with E-state index in [0.717, 1.165) is 12.1 Å². The molecule has 0 saturated carbocycles. The molecule has 2 N–H and O–H groups in total. The van der Waals surface area contributed by atoms with Crippen molar-refractivity contribution in [1.29, 1.82) is 0 Å². The molecule has 0 saturated heterocycles. The number of amides is 2. The Morgan fingerprint density at radius 1 is 1.26 bits per heavy atom. The van der Waals surface area contributed by atoms with Crippen LogP contribution in [0.4, 0.5) is 18.9 Å². The predicted molar refractivity (Wildman–Crippen MR) is 81.2 cm³/mol. The lowest BCUT2D eigenvalue weighted by Gasteiger charge is -2.13. The van der Waals surface area contributed by atoms with Gasteiger partial charge in [0.1, 0.15) is 5.88 Å². The van der Waals surface area contributed by atoms with E-state index in [0.29, 0.717) is 18.9 Å². The Morgan fingerprint density at radius 3 is 2.52 bits per heavy atom. The van der Waals surface area contributed by atoms with Crippen molar-refractivity contribution < 1.29 is 22.8 Å². The molecule has 1 aromatic rings. The Morgan fingerprint density at radius 2 is 1.96 bits per heavy atom. The zero-order valence-electron chi connectivity index (χ0n) is 12.0. The zero-order valence-corrected chi connectivity index (χ0v) is 12.7. The predicted octanol–water partition coefficient (Wildman–Crippen LogP) is 3.03. The molecule has 0 aliphatic carbocycles. The van der Waals surface area contributed by atoms with Crippen LogP contribution in [0.15, 0.2) is 18.2 Å². The maximum atomic E-state index is 12.9. The number of halogens is 4. The summed E-state index contributed by atoms with van der Waals surface area (Å²) in [5.74, 6) is 0.614. The van der Waals surface area contributed by atoms with E-state index in [1.165, 1.54) is 0 Å². The lowest BCUT2D eigenvalue weighted by atomic mass is 10.1. The Balaban J connectivity index is 3.01. The highest BCUT2D eigenvalue weighted by molar-refractivity contribution is 6.29. The SMILES string of the molecule is C#CCCCNC(=O)c1cc(NC(=O)CCl)cc(C(F)(F)F)c1. The van der Waals surface area contributed by atoms with E-state index in [1.807, 2.05) is 0 Å². The van der Waals surface area contributed by atoms with E-state index in [1.54, 1.807) is 0 Å². The summed E-state index contributed by atoms with van der Waals surface area (Å²) >= 11 is 5.30. The molecule has 0 aliphatic heterocycles. The van der Waals surface area contributed by atoms with Gasteiger partial charge in [0.2, 0.25) is 5.91 Å². The van der Waals surface area contributed by atoms with Gasteiger partial charge in [0, 0.05) is 24.2 Å². The van der Waals surface area contributed by atoms with Gasteiger partial charge in [-0.05, 0) is 24.6 Å². The molecule has 0 aliphatic rings. The number of unbranched alkanes of at least 4 members (excludes halogenated alkanes) is 1. The fourth-order valence-corrected chi connectivity index (χ4v) is 1.75. The molecular formula is C15H14ClF3N2O2. The van der Waals surface area contributed by atoms with Crippen molar-refractivity contribution in [1.82, 2.24) is 5.32 Å². The van der Waals surface area contributed by atoms with Gasteiger partial charge in [-0.1, -0.05) is 0 Å². The Labute approximate surface area is 136 Å². The summed E-state index contributed by atoms with van der Waals surface area (Å²) in [5.41, 5.74) is -1.41. The van der Waals surface area contributed by atoms with Crippen LogP contribution in [0.5, 0.6) is 0 Å². The molecule has 0 radical (unpaired) electrons. The molecule has 2 amide bonds. The standard InChI is InChI=1S/C15H14ClF3N2O2/c1-2-3-4-5-20-14(23)10-6-11(15(17,18)19)8-12(7-10)21-13(22)9-16/h1,6-8H,3-5,9H2,(H,20,23)(H,21,22). The van der Waals surface area contributed by atoms with Gasteiger partial charge in [-0.2, -0.15) is 13.2 Å². The molecule has 0 atom stereocenters. The van der Waals surface area contributed by atoms with Crippen LogP contribution < -0.4 is 10.6 Å². The van der Waals surface area contributed by atoms with Gasteiger partial charge in [0.15, 0.2) is 0 Å². The molecule has 0 heterocycles. The monoisotopic (exact) mass is 346 g/mol. The fraction of sp³-hybridized carbons (Fsp3) is 0.333. The molecule has 4 nitrogen and oxygen atoms in total. The smallest absolute Gasteiger partial charge is 0.352 e. The Bertz CT molecular complexity index is 624. The maximum absolute atomic E-state index is 12.9. The summed E-state index contributed by atoms with van der Waals surface area (Å²) in [5, 5.41) is 4.66. The Hall–Kier alpha value is -2.20. The zero-order chi connectivity index (χ0) is 17.5. The lowest BCUT2D eigenvalue weighted by Crippen LogP contribution is -2.25. The number of rotatable bonds is 6. The second-order valence-corrected chi connectivity index (χ2v) is 4.81.